The van der Waals surface area contributed by atoms with Crippen molar-refractivity contribution < 1.29 is 13.2 Å². The van der Waals surface area contributed by atoms with Crippen LogP contribution in [0.1, 0.15) is 11.1 Å². The van der Waals surface area contributed by atoms with E-state index in [1.807, 2.05) is 73.5 Å². The molecule has 3 rings (SSSR count). The summed E-state index contributed by atoms with van der Waals surface area (Å²) >= 11 is 0. The minimum absolute atomic E-state index is 0.297. The lowest BCUT2D eigenvalue weighted by Crippen LogP contribution is -2.41. The minimum atomic E-state index is -3.62. The molecule has 1 fully saturated rings. The number of nitrogens with zero attached hydrogens (tertiary/aromatic N) is 2. The predicted octanol–water partition coefficient (Wildman–Crippen LogP) is 3.09. The number of hydrogen-bond donors (Lipinski definition) is 0. The lowest BCUT2D eigenvalue weighted by molar-refractivity contribution is 0.0737. The van der Waals surface area contributed by atoms with Crippen LogP contribution in [0.3, 0.4) is 0 Å². The molecule has 1 aliphatic heterocycles. The number of hydrogen-bond acceptors (Lipinski definition) is 4. The normalized spacial score (nSPS) is 16.5. The van der Waals surface area contributed by atoms with Crippen LogP contribution in [0.5, 0.6) is 0 Å². The minimum Gasteiger partial charge on any atom is -0.379 e. The van der Waals surface area contributed by atoms with Gasteiger partial charge in [-0.05, 0) is 24.6 Å². The Labute approximate surface area is 155 Å². The van der Waals surface area contributed by atoms with E-state index in [-0.39, 0.29) is 0 Å². The summed E-state index contributed by atoms with van der Waals surface area (Å²) in [7, 11) is -1.76. The summed E-state index contributed by atoms with van der Waals surface area (Å²) < 4.78 is 33.4. The van der Waals surface area contributed by atoms with Gasteiger partial charge in [0.05, 0.1) is 13.2 Å². The number of ether oxygens (including phenoxy) is 1. The summed E-state index contributed by atoms with van der Waals surface area (Å²) in [6, 6.07) is 17.3. The summed E-state index contributed by atoms with van der Waals surface area (Å²) in [4.78, 5) is 2.14. The van der Waals surface area contributed by atoms with Gasteiger partial charge >= 0.3 is 0 Å². The van der Waals surface area contributed by atoms with Gasteiger partial charge in [-0.1, -0.05) is 48.0 Å². The van der Waals surface area contributed by atoms with E-state index < -0.39 is 10.0 Å². The first-order valence-electron chi connectivity index (χ1n) is 8.63. The first kappa shape index (κ1) is 18.6. The molecule has 5 nitrogen and oxygen atoms in total. The molecular weight excluding hydrogens is 348 g/mol. The quantitative estimate of drug-likeness (QED) is 0.809. The Bertz CT molecular complexity index is 856. The van der Waals surface area contributed by atoms with Crippen molar-refractivity contribution in [3.63, 3.8) is 0 Å². The lowest BCUT2D eigenvalue weighted by Gasteiger charge is -2.28. The molecule has 2 aromatic carbocycles. The highest BCUT2D eigenvalue weighted by atomic mass is 32.2. The van der Waals surface area contributed by atoms with E-state index in [0.29, 0.717) is 36.8 Å². The van der Waals surface area contributed by atoms with Crippen molar-refractivity contribution in [1.82, 2.24) is 4.31 Å². The molecular formula is C20H24N2O3S. The maximum atomic E-state index is 13.3. The van der Waals surface area contributed by atoms with E-state index in [9.17, 15) is 8.42 Å². The molecule has 26 heavy (non-hydrogen) atoms. The van der Waals surface area contributed by atoms with Gasteiger partial charge in [0.2, 0.25) is 10.0 Å². The van der Waals surface area contributed by atoms with Crippen molar-refractivity contribution in [2.45, 2.75) is 6.92 Å². The van der Waals surface area contributed by atoms with Crippen LogP contribution >= 0.6 is 0 Å². The zero-order chi connectivity index (χ0) is 18.6. The van der Waals surface area contributed by atoms with Crippen LogP contribution in [0.2, 0.25) is 0 Å². The van der Waals surface area contributed by atoms with Gasteiger partial charge in [-0.3, -0.25) is 0 Å². The first-order valence-corrected chi connectivity index (χ1v) is 10.1. The van der Waals surface area contributed by atoms with E-state index >= 15 is 0 Å². The number of sulfonamides is 1. The number of aryl methyl sites for hydroxylation is 1. The molecule has 0 spiro atoms. The smallest absolute Gasteiger partial charge is 0.245 e. The van der Waals surface area contributed by atoms with Crippen LogP contribution in [-0.4, -0.2) is 46.1 Å². The van der Waals surface area contributed by atoms with Gasteiger partial charge in [-0.25, -0.2) is 8.42 Å². The van der Waals surface area contributed by atoms with Crippen LogP contribution in [0, 0.1) is 6.92 Å². The van der Waals surface area contributed by atoms with Gasteiger partial charge in [-0.2, -0.15) is 4.31 Å². The summed E-state index contributed by atoms with van der Waals surface area (Å²) in [6.45, 7) is 3.59. The van der Waals surface area contributed by atoms with E-state index in [4.69, 9.17) is 4.74 Å². The van der Waals surface area contributed by atoms with Gasteiger partial charge in [0.15, 0.2) is 0 Å². The second-order valence-corrected chi connectivity index (χ2v) is 8.23. The predicted molar refractivity (Wildman–Crippen MR) is 105 cm³/mol. The fourth-order valence-corrected chi connectivity index (χ4v) is 4.48. The zero-order valence-corrected chi connectivity index (χ0v) is 15.9. The average molecular weight is 372 g/mol. The third kappa shape index (κ3) is 4.15. The Morgan fingerprint density at radius 2 is 1.65 bits per heavy atom. The molecule has 2 aromatic rings. The fourth-order valence-electron chi connectivity index (χ4n) is 2.85. The van der Waals surface area contributed by atoms with Crippen molar-refractivity contribution in [2.75, 3.05) is 38.3 Å². The highest BCUT2D eigenvalue weighted by Crippen LogP contribution is 2.27. The van der Waals surface area contributed by atoms with Crippen molar-refractivity contribution in [2.24, 2.45) is 0 Å². The van der Waals surface area contributed by atoms with Gasteiger partial charge in [0.25, 0.3) is 0 Å². The van der Waals surface area contributed by atoms with Crippen LogP contribution in [0.25, 0.3) is 4.91 Å². The molecule has 1 heterocycles. The molecule has 0 amide bonds. The molecule has 0 unspecified atom stereocenters. The molecule has 1 saturated heterocycles. The number of para-hydroxylation sites is 1. The van der Waals surface area contributed by atoms with Crippen molar-refractivity contribution in [3.05, 3.63) is 71.9 Å². The molecule has 0 N–H and O–H groups in total. The number of benzene rings is 2. The zero-order valence-electron chi connectivity index (χ0n) is 15.1. The van der Waals surface area contributed by atoms with Crippen LogP contribution in [0.4, 0.5) is 5.69 Å². The number of morpholine rings is 1. The summed E-state index contributed by atoms with van der Waals surface area (Å²) in [5.41, 5.74) is 2.70. The third-order valence-electron chi connectivity index (χ3n) is 4.40. The van der Waals surface area contributed by atoms with Gasteiger partial charge in [-0.15, -0.1) is 0 Å². The summed E-state index contributed by atoms with van der Waals surface area (Å²) in [5, 5.41) is 0. The molecule has 0 bridgehead atoms. The standard InChI is InChI=1S/C20H24N2O3S/c1-17-8-10-18(11-9-17)20(16-21(2)19-6-4-3-5-7-19)26(23,24)22-12-14-25-15-13-22/h3-11,16H,12-15H2,1-2H3. The van der Waals surface area contributed by atoms with Crippen LogP contribution in [-0.2, 0) is 14.8 Å². The Kier molecular flexibility index (Phi) is 5.76. The second kappa shape index (κ2) is 8.03. The topological polar surface area (TPSA) is 49.9 Å². The van der Waals surface area contributed by atoms with Crippen LogP contribution < -0.4 is 4.90 Å². The highest BCUT2D eigenvalue weighted by molar-refractivity contribution is 7.98. The maximum absolute atomic E-state index is 13.3. The van der Waals surface area contributed by atoms with Crippen molar-refractivity contribution in [3.8, 4) is 0 Å². The maximum Gasteiger partial charge on any atom is 0.245 e. The molecule has 0 aromatic heterocycles. The van der Waals surface area contributed by atoms with Crippen molar-refractivity contribution in [1.29, 1.82) is 0 Å². The van der Waals surface area contributed by atoms with E-state index in [1.54, 1.807) is 6.20 Å². The molecule has 0 atom stereocenters. The van der Waals surface area contributed by atoms with Crippen molar-refractivity contribution >= 4 is 20.6 Å². The monoisotopic (exact) mass is 372 g/mol. The Morgan fingerprint density at radius 3 is 2.27 bits per heavy atom. The molecule has 1 aliphatic rings. The van der Waals surface area contributed by atoms with Gasteiger partial charge in [0.1, 0.15) is 4.91 Å². The first-order chi connectivity index (χ1) is 12.5. The molecule has 0 radical (unpaired) electrons. The summed E-state index contributed by atoms with van der Waals surface area (Å²) in [5.74, 6) is 0. The Hall–Kier alpha value is -2.15. The van der Waals surface area contributed by atoms with Crippen LogP contribution in [0.15, 0.2) is 60.8 Å². The third-order valence-corrected chi connectivity index (χ3v) is 6.34. The highest BCUT2D eigenvalue weighted by Gasteiger charge is 2.29. The van der Waals surface area contributed by atoms with E-state index in [0.717, 1.165) is 11.3 Å². The summed E-state index contributed by atoms with van der Waals surface area (Å²) in [6.07, 6.45) is 1.70. The van der Waals surface area contributed by atoms with E-state index in [1.165, 1.54) is 4.31 Å². The molecule has 0 saturated carbocycles. The Morgan fingerprint density at radius 1 is 1.04 bits per heavy atom. The largest absolute Gasteiger partial charge is 0.379 e. The molecule has 138 valence electrons. The number of anilines is 1. The van der Waals surface area contributed by atoms with Gasteiger partial charge in [0, 0.05) is 32.0 Å². The van der Waals surface area contributed by atoms with E-state index in [2.05, 4.69) is 0 Å². The Balaban J connectivity index is 2.04. The number of rotatable bonds is 5. The molecule has 6 heteroatoms. The average Bonchev–Trinajstić information content (AvgIpc) is 2.68. The fraction of sp³-hybridized carbons (Fsp3) is 0.300. The van der Waals surface area contributed by atoms with Gasteiger partial charge < -0.3 is 9.64 Å². The second-order valence-electron chi connectivity index (χ2n) is 6.32. The molecule has 0 aliphatic carbocycles. The lowest BCUT2D eigenvalue weighted by atomic mass is 10.1. The SMILES string of the molecule is Cc1ccc(C(=CN(C)c2ccccc2)S(=O)(=O)N2CCOCC2)cc1.